The lowest BCUT2D eigenvalue weighted by atomic mass is 10.3. The number of aromatic nitrogens is 1. The quantitative estimate of drug-likeness (QED) is 0.353. The molecule has 0 unspecified atom stereocenters. The van der Waals surface area contributed by atoms with Crippen LogP contribution >= 0.6 is 0 Å². The van der Waals surface area contributed by atoms with Crippen LogP contribution in [0.4, 0.5) is 0 Å². The number of nitrogen functional groups attached to an aromatic ring is 1. The van der Waals surface area contributed by atoms with Gasteiger partial charge < -0.3 is 15.6 Å². The van der Waals surface area contributed by atoms with Crippen LogP contribution in [0.3, 0.4) is 0 Å². The highest BCUT2D eigenvalue weighted by Crippen LogP contribution is 2.07. The molecule has 1 aromatic rings. The monoisotopic (exact) mass is 195 g/mol. The normalized spacial score (nSPS) is 9.79. The molecule has 5 heteroatoms. The third kappa shape index (κ3) is 3.02. The van der Waals surface area contributed by atoms with Gasteiger partial charge in [-0.15, -0.1) is 0 Å². The Labute approximate surface area is 82.0 Å². The Balaban J connectivity index is 2.51. The SMILES string of the molecule is N=C(N)c1ccc(OCCCO)nc1. The van der Waals surface area contributed by atoms with E-state index < -0.39 is 0 Å². The highest BCUT2D eigenvalue weighted by atomic mass is 16.5. The van der Waals surface area contributed by atoms with Crippen molar-refractivity contribution in [3.63, 3.8) is 0 Å². The number of amidine groups is 1. The lowest BCUT2D eigenvalue weighted by Gasteiger charge is -2.04. The van der Waals surface area contributed by atoms with E-state index in [1.54, 1.807) is 12.1 Å². The molecule has 4 N–H and O–H groups in total. The first kappa shape index (κ1) is 10.5. The summed E-state index contributed by atoms with van der Waals surface area (Å²) in [5.41, 5.74) is 5.82. The van der Waals surface area contributed by atoms with Gasteiger partial charge in [0.2, 0.25) is 5.88 Å². The lowest BCUT2D eigenvalue weighted by Crippen LogP contribution is -2.11. The van der Waals surface area contributed by atoms with E-state index in [0.29, 0.717) is 24.5 Å². The minimum absolute atomic E-state index is 0.0144. The van der Waals surface area contributed by atoms with Crippen LogP contribution in [0.15, 0.2) is 18.3 Å². The van der Waals surface area contributed by atoms with Gasteiger partial charge in [-0.1, -0.05) is 0 Å². The van der Waals surface area contributed by atoms with Gasteiger partial charge in [-0.2, -0.15) is 0 Å². The summed E-state index contributed by atoms with van der Waals surface area (Å²) in [6.07, 6.45) is 2.06. The van der Waals surface area contributed by atoms with Crippen LogP contribution in [-0.4, -0.2) is 29.1 Å². The van der Waals surface area contributed by atoms with Crippen molar-refractivity contribution in [3.8, 4) is 5.88 Å². The number of nitrogens with one attached hydrogen (secondary N) is 1. The predicted octanol–water partition coefficient (Wildman–Crippen LogP) is 0.127. The van der Waals surface area contributed by atoms with Gasteiger partial charge in [-0.25, -0.2) is 4.98 Å². The number of aliphatic hydroxyl groups is 1. The molecule has 76 valence electrons. The zero-order valence-corrected chi connectivity index (χ0v) is 7.73. The van der Waals surface area contributed by atoms with Crippen molar-refractivity contribution in [3.05, 3.63) is 23.9 Å². The summed E-state index contributed by atoms with van der Waals surface area (Å²) in [6, 6.07) is 3.32. The molecule has 0 bridgehead atoms. The summed E-state index contributed by atoms with van der Waals surface area (Å²) >= 11 is 0. The molecule has 5 nitrogen and oxygen atoms in total. The Morgan fingerprint density at radius 3 is 2.86 bits per heavy atom. The zero-order valence-electron chi connectivity index (χ0n) is 7.73. The molecule has 14 heavy (non-hydrogen) atoms. The second-order valence-electron chi connectivity index (χ2n) is 2.72. The summed E-state index contributed by atoms with van der Waals surface area (Å²) in [6.45, 7) is 0.536. The van der Waals surface area contributed by atoms with Crippen molar-refractivity contribution in [2.24, 2.45) is 5.73 Å². The number of nitrogens with two attached hydrogens (primary N) is 1. The van der Waals surface area contributed by atoms with Crippen molar-refractivity contribution < 1.29 is 9.84 Å². The average Bonchev–Trinajstić information content (AvgIpc) is 2.19. The number of rotatable bonds is 5. The van der Waals surface area contributed by atoms with Gasteiger partial charge in [0.25, 0.3) is 0 Å². The van der Waals surface area contributed by atoms with Gasteiger partial charge in [-0.3, -0.25) is 5.41 Å². The summed E-state index contributed by atoms with van der Waals surface area (Å²) in [7, 11) is 0. The van der Waals surface area contributed by atoms with Crippen molar-refractivity contribution in [2.75, 3.05) is 13.2 Å². The maximum absolute atomic E-state index is 8.52. The summed E-state index contributed by atoms with van der Waals surface area (Å²) < 4.78 is 5.20. The Hall–Kier alpha value is -1.62. The van der Waals surface area contributed by atoms with E-state index >= 15 is 0 Å². The second-order valence-corrected chi connectivity index (χ2v) is 2.72. The Bertz CT molecular complexity index is 297. The average molecular weight is 195 g/mol. The molecule has 0 aromatic carbocycles. The van der Waals surface area contributed by atoms with Crippen LogP contribution in [0, 0.1) is 5.41 Å². The molecule has 0 amide bonds. The summed E-state index contributed by atoms with van der Waals surface area (Å²) in [5, 5.41) is 15.7. The van der Waals surface area contributed by atoms with Crippen LogP contribution in [0.1, 0.15) is 12.0 Å². The van der Waals surface area contributed by atoms with E-state index in [9.17, 15) is 0 Å². The molecule has 0 fully saturated rings. The molecule has 0 aliphatic heterocycles. The predicted molar refractivity (Wildman–Crippen MR) is 52.5 cm³/mol. The number of pyridine rings is 1. The molecule has 0 saturated carbocycles. The van der Waals surface area contributed by atoms with Gasteiger partial charge in [0.05, 0.1) is 6.61 Å². The molecule has 0 saturated heterocycles. The zero-order chi connectivity index (χ0) is 10.4. The lowest BCUT2D eigenvalue weighted by molar-refractivity contribution is 0.229. The summed E-state index contributed by atoms with van der Waals surface area (Å²) in [5.74, 6) is 0.461. The van der Waals surface area contributed by atoms with Crippen molar-refractivity contribution >= 4 is 5.84 Å². The number of ether oxygens (including phenoxy) is 1. The fourth-order valence-electron chi connectivity index (χ4n) is 0.866. The molecule has 1 aromatic heterocycles. The topological polar surface area (TPSA) is 92.2 Å². The van der Waals surface area contributed by atoms with Gasteiger partial charge in [-0.05, 0) is 6.07 Å². The molecule has 0 atom stereocenters. The van der Waals surface area contributed by atoms with Crippen LogP contribution in [0.2, 0.25) is 0 Å². The molecule has 1 rings (SSSR count). The Morgan fingerprint density at radius 2 is 2.36 bits per heavy atom. The highest BCUT2D eigenvalue weighted by Gasteiger charge is 1.98. The Morgan fingerprint density at radius 1 is 1.57 bits per heavy atom. The van der Waals surface area contributed by atoms with Crippen molar-refractivity contribution in [2.45, 2.75) is 6.42 Å². The van der Waals surface area contributed by atoms with E-state index in [0.717, 1.165) is 0 Å². The maximum Gasteiger partial charge on any atom is 0.213 e. The first-order valence-electron chi connectivity index (χ1n) is 4.28. The molecular formula is C9H13N3O2. The molecule has 1 heterocycles. The first-order chi connectivity index (χ1) is 6.74. The largest absolute Gasteiger partial charge is 0.478 e. The van der Waals surface area contributed by atoms with Crippen LogP contribution in [0.25, 0.3) is 0 Å². The molecule has 0 radical (unpaired) electrons. The fourth-order valence-corrected chi connectivity index (χ4v) is 0.866. The van der Waals surface area contributed by atoms with Crippen molar-refractivity contribution in [1.82, 2.24) is 4.98 Å². The number of aliphatic hydroxyl groups excluding tert-OH is 1. The number of hydrogen-bond donors (Lipinski definition) is 3. The molecular weight excluding hydrogens is 182 g/mol. The summed E-state index contributed by atoms with van der Waals surface area (Å²) in [4.78, 5) is 3.95. The van der Waals surface area contributed by atoms with Gasteiger partial charge in [0.15, 0.2) is 0 Å². The van der Waals surface area contributed by atoms with Gasteiger partial charge in [0, 0.05) is 30.9 Å². The van der Waals surface area contributed by atoms with E-state index in [4.69, 9.17) is 21.0 Å². The number of nitrogens with zero attached hydrogens (tertiary/aromatic N) is 1. The van der Waals surface area contributed by atoms with Gasteiger partial charge >= 0.3 is 0 Å². The van der Waals surface area contributed by atoms with Crippen molar-refractivity contribution in [1.29, 1.82) is 5.41 Å². The fraction of sp³-hybridized carbons (Fsp3) is 0.333. The Kier molecular flexibility index (Phi) is 3.87. The first-order valence-corrected chi connectivity index (χ1v) is 4.28. The maximum atomic E-state index is 8.52. The van der Waals surface area contributed by atoms with E-state index in [-0.39, 0.29) is 12.4 Å². The minimum Gasteiger partial charge on any atom is -0.478 e. The molecule has 0 aliphatic rings. The second kappa shape index (κ2) is 5.18. The number of hydrogen-bond acceptors (Lipinski definition) is 4. The third-order valence-electron chi connectivity index (χ3n) is 1.60. The third-order valence-corrected chi connectivity index (χ3v) is 1.60. The minimum atomic E-state index is -0.0144. The van der Waals surface area contributed by atoms with Crippen LogP contribution < -0.4 is 10.5 Å². The van der Waals surface area contributed by atoms with E-state index in [1.165, 1.54) is 6.20 Å². The van der Waals surface area contributed by atoms with E-state index in [2.05, 4.69) is 4.98 Å². The standard InChI is InChI=1S/C9H13N3O2/c10-9(11)7-2-3-8(12-6-7)14-5-1-4-13/h2-3,6,13H,1,4-5H2,(H3,10,11). The van der Waals surface area contributed by atoms with Crippen LogP contribution in [-0.2, 0) is 0 Å². The molecule has 0 spiro atoms. The van der Waals surface area contributed by atoms with E-state index in [1.807, 2.05) is 0 Å². The molecule has 0 aliphatic carbocycles. The van der Waals surface area contributed by atoms with Gasteiger partial charge in [0.1, 0.15) is 5.84 Å². The smallest absolute Gasteiger partial charge is 0.213 e. The van der Waals surface area contributed by atoms with Crippen LogP contribution in [0.5, 0.6) is 5.88 Å². The highest BCUT2D eigenvalue weighted by molar-refractivity contribution is 5.94.